The van der Waals surface area contributed by atoms with Crippen LogP contribution in [0.15, 0.2) is 0 Å². The minimum absolute atomic E-state index is 0.980. The molecular formula is C19H39N. The van der Waals surface area contributed by atoms with E-state index in [0.29, 0.717) is 0 Å². The molecule has 0 amide bonds. The van der Waals surface area contributed by atoms with Crippen molar-refractivity contribution in [2.45, 2.75) is 97.3 Å². The van der Waals surface area contributed by atoms with Gasteiger partial charge in [0, 0.05) is 0 Å². The van der Waals surface area contributed by atoms with Crippen molar-refractivity contribution in [1.29, 1.82) is 0 Å². The molecule has 0 aromatic rings. The maximum absolute atomic E-state index is 3.58. The Morgan fingerprint density at radius 1 is 0.750 bits per heavy atom. The molecule has 2 atom stereocenters. The van der Waals surface area contributed by atoms with Crippen molar-refractivity contribution in [1.82, 2.24) is 5.32 Å². The van der Waals surface area contributed by atoms with E-state index in [1.807, 2.05) is 0 Å². The van der Waals surface area contributed by atoms with Gasteiger partial charge in [0.2, 0.25) is 0 Å². The number of rotatable bonds is 12. The topological polar surface area (TPSA) is 12.0 Å². The summed E-state index contributed by atoms with van der Waals surface area (Å²) in [6.07, 6.45) is 19.1. The summed E-state index contributed by atoms with van der Waals surface area (Å²) in [6, 6.07) is 0. The van der Waals surface area contributed by atoms with Crippen molar-refractivity contribution < 1.29 is 0 Å². The summed E-state index contributed by atoms with van der Waals surface area (Å²) in [5.41, 5.74) is 0. The molecule has 1 saturated carbocycles. The molecule has 120 valence electrons. The lowest BCUT2D eigenvalue weighted by molar-refractivity contribution is 0.213. The van der Waals surface area contributed by atoms with E-state index in [2.05, 4.69) is 19.2 Å². The van der Waals surface area contributed by atoms with Crippen molar-refractivity contribution >= 4 is 0 Å². The van der Waals surface area contributed by atoms with Gasteiger partial charge >= 0.3 is 0 Å². The molecular weight excluding hydrogens is 242 g/mol. The van der Waals surface area contributed by atoms with Crippen molar-refractivity contribution in [2.75, 3.05) is 13.1 Å². The number of nitrogens with one attached hydrogen (secondary N) is 1. The van der Waals surface area contributed by atoms with Crippen molar-refractivity contribution in [3.63, 3.8) is 0 Å². The number of unbranched alkanes of at least 4 members (excludes halogenated alkanes) is 7. The first kappa shape index (κ1) is 18.0. The van der Waals surface area contributed by atoms with Crippen molar-refractivity contribution in [3.05, 3.63) is 0 Å². The second-order valence-corrected chi connectivity index (χ2v) is 6.88. The van der Waals surface area contributed by atoms with Crippen molar-refractivity contribution in [2.24, 2.45) is 11.8 Å². The van der Waals surface area contributed by atoms with Crippen molar-refractivity contribution in [3.8, 4) is 0 Å². The molecule has 0 aromatic heterocycles. The predicted molar refractivity (Wildman–Crippen MR) is 91.2 cm³/mol. The Morgan fingerprint density at radius 2 is 1.35 bits per heavy atom. The third-order valence-corrected chi connectivity index (χ3v) is 5.15. The van der Waals surface area contributed by atoms with Crippen LogP contribution in [-0.4, -0.2) is 13.1 Å². The molecule has 0 bridgehead atoms. The summed E-state index contributed by atoms with van der Waals surface area (Å²) in [6.45, 7) is 6.95. The molecule has 1 heteroatoms. The Balaban J connectivity index is 2.00. The summed E-state index contributed by atoms with van der Waals surface area (Å²) in [4.78, 5) is 0. The van der Waals surface area contributed by atoms with Gasteiger partial charge in [-0.3, -0.25) is 0 Å². The molecule has 1 fully saturated rings. The third kappa shape index (κ3) is 8.29. The highest BCUT2D eigenvalue weighted by atomic mass is 14.8. The molecule has 1 nitrogen and oxygen atoms in total. The van der Waals surface area contributed by atoms with Crippen LogP contribution in [0.4, 0.5) is 0 Å². The molecule has 20 heavy (non-hydrogen) atoms. The molecule has 0 aromatic carbocycles. The van der Waals surface area contributed by atoms with E-state index < -0.39 is 0 Å². The van der Waals surface area contributed by atoms with Crippen LogP contribution in [0.1, 0.15) is 97.3 Å². The summed E-state index contributed by atoms with van der Waals surface area (Å²) >= 11 is 0. The SMILES string of the molecule is CCCCCCCCCCC1CCCCC1CNCC. The van der Waals surface area contributed by atoms with E-state index in [0.717, 1.165) is 18.4 Å². The normalized spacial score (nSPS) is 23.1. The third-order valence-electron chi connectivity index (χ3n) is 5.15. The molecule has 0 heterocycles. The Bertz CT molecular complexity index is 202. The molecule has 1 rings (SSSR count). The van der Waals surface area contributed by atoms with Gasteiger partial charge in [0.15, 0.2) is 0 Å². The fraction of sp³-hybridized carbons (Fsp3) is 1.00. The highest BCUT2D eigenvalue weighted by molar-refractivity contribution is 4.77. The smallest absolute Gasteiger partial charge is 0.00180 e. The van der Waals surface area contributed by atoms with Gasteiger partial charge in [0.1, 0.15) is 0 Å². The van der Waals surface area contributed by atoms with Crippen LogP contribution in [0.5, 0.6) is 0 Å². The van der Waals surface area contributed by atoms with Gasteiger partial charge < -0.3 is 5.32 Å². The summed E-state index contributed by atoms with van der Waals surface area (Å²) in [5, 5.41) is 3.58. The minimum Gasteiger partial charge on any atom is -0.317 e. The molecule has 0 saturated heterocycles. The number of hydrogen-bond donors (Lipinski definition) is 1. The first-order chi connectivity index (χ1) is 9.88. The van der Waals surface area contributed by atoms with E-state index in [9.17, 15) is 0 Å². The molecule has 0 spiro atoms. The van der Waals surface area contributed by atoms with Crippen LogP contribution >= 0.6 is 0 Å². The quantitative estimate of drug-likeness (QED) is 0.437. The molecule has 1 aliphatic rings. The predicted octanol–water partition coefficient (Wildman–Crippen LogP) is 5.93. The molecule has 2 unspecified atom stereocenters. The zero-order valence-corrected chi connectivity index (χ0v) is 14.3. The monoisotopic (exact) mass is 281 g/mol. The van der Waals surface area contributed by atoms with Crippen LogP contribution in [0, 0.1) is 11.8 Å². The lowest BCUT2D eigenvalue weighted by Crippen LogP contribution is -2.30. The molecule has 0 aliphatic heterocycles. The average Bonchev–Trinajstić information content (AvgIpc) is 2.49. The Morgan fingerprint density at radius 3 is 2.00 bits per heavy atom. The Kier molecular flexibility index (Phi) is 11.4. The minimum atomic E-state index is 0.980. The maximum Gasteiger partial charge on any atom is -0.00180 e. The van der Waals surface area contributed by atoms with Crippen LogP contribution in [0.25, 0.3) is 0 Å². The van der Waals surface area contributed by atoms with Gasteiger partial charge in [-0.25, -0.2) is 0 Å². The summed E-state index contributed by atoms with van der Waals surface area (Å²) in [7, 11) is 0. The van der Waals surface area contributed by atoms with Gasteiger partial charge in [0.25, 0.3) is 0 Å². The average molecular weight is 282 g/mol. The van der Waals surface area contributed by atoms with Crippen LogP contribution in [-0.2, 0) is 0 Å². The van der Waals surface area contributed by atoms with Crippen LogP contribution in [0.2, 0.25) is 0 Å². The largest absolute Gasteiger partial charge is 0.317 e. The second-order valence-electron chi connectivity index (χ2n) is 6.88. The Hall–Kier alpha value is -0.0400. The highest BCUT2D eigenvalue weighted by Crippen LogP contribution is 2.33. The van der Waals surface area contributed by atoms with E-state index >= 15 is 0 Å². The lowest BCUT2D eigenvalue weighted by Gasteiger charge is -2.32. The first-order valence-corrected chi connectivity index (χ1v) is 9.59. The molecule has 0 radical (unpaired) electrons. The van der Waals surface area contributed by atoms with Crippen LogP contribution < -0.4 is 5.32 Å². The Labute approximate surface area is 128 Å². The zero-order valence-electron chi connectivity index (χ0n) is 14.3. The van der Waals surface area contributed by atoms with Gasteiger partial charge in [-0.05, 0) is 31.3 Å². The highest BCUT2D eigenvalue weighted by Gasteiger charge is 2.23. The molecule has 1 aliphatic carbocycles. The molecule has 1 N–H and O–H groups in total. The first-order valence-electron chi connectivity index (χ1n) is 9.59. The van der Waals surface area contributed by atoms with Crippen LogP contribution in [0.3, 0.4) is 0 Å². The summed E-state index contributed by atoms with van der Waals surface area (Å²) in [5.74, 6) is 2.01. The van der Waals surface area contributed by atoms with E-state index in [4.69, 9.17) is 0 Å². The van der Waals surface area contributed by atoms with E-state index in [1.54, 1.807) is 0 Å². The van der Waals surface area contributed by atoms with Gasteiger partial charge in [-0.1, -0.05) is 90.9 Å². The van der Waals surface area contributed by atoms with E-state index in [1.165, 1.54) is 90.0 Å². The van der Waals surface area contributed by atoms with Gasteiger partial charge in [-0.15, -0.1) is 0 Å². The second kappa shape index (κ2) is 12.7. The fourth-order valence-corrected chi connectivity index (χ4v) is 3.80. The standard InChI is InChI=1S/C19H39N/c1-3-5-6-7-8-9-10-11-14-18-15-12-13-16-19(18)17-20-4-2/h18-20H,3-17H2,1-2H3. The zero-order chi connectivity index (χ0) is 14.5. The summed E-state index contributed by atoms with van der Waals surface area (Å²) < 4.78 is 0. The van der Waals surface area contributed by atoms with E-state index in [-0.39, 0.29) is 0 Å². The number of hydrogen-bond acceptors (Lipinski definition) is 1. The van der Waals surface area contributed by atoms with Gasteiger partial charge in [0.05, 0.1) is 0 Å². The maximum atomic E-state index is 3.58. The fourth-order valence-electron chi connectivity index (χ4n) is 3.80. The van der Waals surface area contributed by atoms with Gasteiger partial charge in [-0.2, -0.15) is 0 Å². The lowest BCUT2D eigenvalue weighted by atomic mass is 9.76.